The van der Waals surface area contributed by atoms with E-state index in [1.54, 1.807) is 0 Å². The van der Waals surface area contributed by atoms with Crippen molar-refractivity contribution < 1.29 is 27.9 Å². The van der Waals surface area contributed by atoms with Gasteiger partial charge >= 0.3 is 5.97 Å². The molecule has 6 nitrogen and oxygen atoms in total. The average Bonchev–Trinajstić information content (AvgIpc) is 3.44. The third-order valence-corrected chi connectivity index (χ3v) is 23.7. The lowest BCUT2D eigenvalue weighted by Crippen LogP contribution is -2.67. The molecule has 0 radical (unpaired) electrons. The number of hydrogen-bond acceptors (Lipinski definition) is 6. The average molecular weight is 871 g/mol. The van der Waals surface area contributed by atoms with Crippen LogP contribution in [-0.4, -0.2) is 67.5 Å². The lowest BCUT2D eigenvalue weighted by molar-refractivity contribution is -0.151. The molecule has 1 aliphatic rings. The molecule has 9 heteroatoms. The summed E-state index contributed by atoms with van der Waals surface area (Å²) < 4.78 is 34.1. The summed E-state index contributed by atoms with van der Waals surface area (Å²) >= 11 is 0. The SMILES string of the molecule is Cc1cc(C)c(C(=O)OCC[Si](C)(C)C)c(/C=C/C[C@@H]2OC(C)(C)O[C@@H]2C(/C=C\[C@@H](C)[C@H](C)O[Si](c2ccccc2)(c2ccccc2)C(C)(C)C)O[Si](C)(C)C(C)(C)C)c1. The second kappa shape index (κ2) is 19.7. The minimum absolute atomic E-state index is 0.0160. The van der Waals surface area contributed by atoms with Crippen molar-refractivity contribution >= 4 is 47.1 Å². The standard InChI is InChI=1S/C51H78O6Si3/c1-37-35-39(3)46(48(52)53-33-34-58(13,14)15)41(36-37)25-24-30-44-47(55-51(11,12)54-44)45(57-59(16,17)49(5,6)7)32-31-38(2)40(4)56-60(50(8,9)10,42-26-20-18-21-27-42)43-28-22-19-23-29-43/h18-29,31-32,35-36,38,40,44-45,47H,30,33-34H2,1-17H3/b25-24+,32-31-/t38-,40+,44+,45?,47+/m1/s1. The zero-order valence-corrected chi connectivity index (χ0v) is 43.2. The van der Waals surface area contributed by atoms with Gasteiger partial charge < -0.3 is 23.1 Å². The van der Waals surface area contributed by atoms with Crippen LogP contribution in [0.5, 0.6) is 0 Å². The van der Waals surface area contributed by atoms with E-state index in [9.17, 15) is 4.79 Å². The van der Waals surface area contributed by atoms with Gasteiger partial charge in [-0.3, -0.25) is 0 Å². The Morgan fingerprint density at radius 3 is 1.88 bits per heavy atom. The first-order valence-electron chi connectivity index (χ1n) is 22.1. The quantitative estimate of drug-likeness (QED) is 0.0765. The van der Waals surface area contributed by atoms with E-state index in [0.29, 0.717) is 18.6 Å². The van der Waals surface area contributed by atoms with Gasteiger partial charge in [0.1, 0.15) is 6.10 Å². The molecule has 60 heavy (non-hydrogen) atoms. The molecule has 5 atom stereocenters. The van der Waals surface area contributed by atoms with E-state index < -0.39 is 30.5 Å². The molecule has 0 bridgehead atoms. The van der Waals surface area contributed by atoms with Crippen molar-refractivity contribution in [2.75, 3.05) is 6.61 Å². The van der Waals surface area contributed by atoms with E-state index >= 15 is 0 Å². The summed E-state index contributed by atoms with van der Waals surface area (Å²) in [6.07, 6.45) is 8.16. The maximum absolute atomic E-state index is 13.5. The van der Waals surface area contributed by atoms with Crippen molar-refractivity contribution in [3.05, 3.63) is 113 Å². The van der Waals surface area contributed by atoms with Crippen LogP contribution < -0.4 is 10.4 Å². The maximum Gasteiger partial charge on any atom is 0.338 e. The molecule has 0 spiro atoms. The highest BCUT2D eigenvalue weighted by Gasteiger charge is 2.52. The smallest absolute Gasteiger partial charge is 0.338 e. The number of hydrogen-bond donors (Lipinski definition) is 0. The summed E-state index contributed by atoms with van der Waals surface area (Å²) in [7, 11) is -6.39. The highest BCUT2D eigenvalue weighted by molar-refractivity contribution is 6.99. The van der Waals surface area contributed by atoms with Crippen LogP contribution in [0.1, 0.15) is 103 Å². The lowest BCUT2D eigenvalue weighted by Gasteiger charge is -2.45. The molecule has 1 saturated heterocycles. The lowest BCUT2D eigenvalue weighted by atomic mass is 9.97. The second-order valence-electron chi connectivity index (χ2n) is 21.3. The van der Waals surface area contributed by atoms with Gasteiger partial charge in [-0.1, -0.05) is 171 Å². The fraction of sp³-hybridized carbons (Fsp3) is 0.549. The van der Waals surface area contributed by atoms with E-state index in [-0.39, 0.29) is 46.4 Å². The third kappa shape index (κ3) is 12.6. The molecule has 0 N–H and O–H groups in total. The van der Waals surface area contributed by atoms with Crippen molar-refractivity contribution in [2.45, 2.75) is 169 Å². The largest absolute Gasteiger partial charge is 0.462 e. The Morgan fingerprint density at radius 1 is 0.800 bits per heavy atom. The molecule has 1 unspecified atom stereocenters. The van der Waals surface area contributed by atoms with Crippen LogP contribution in [0.3, 0.4) is 0 Å². The highest BCUT2D eigenvalue weighted by Crippen LogP contribution is 2.42. The van der Waals surface area contributed by atoms with Gasteiger partial charge in [0, 0.05) is 14.2 Å². The summed E-state index contributed by atoms with van der Waals surface area (Å²) in [5.74, 6) is -0.998. The molecule has 4 rings (SSSR count). The Hall–Kier alpha value is -2.90. The van der Waals surface area contributed by atoms with Crippen LogP contribution in [0.4, 0.5) is 0 Å². The third-order valence-electron chi connectivity index (χ3n) is 12.4. The molecule has 1 heterocycles. The van der Waals surface area contributed by atoms with Crippen molar-refractivity contribution in [3.63, 3.8) is 0 Å². The Labute approximate surface area is 367 Å². The van der Waals surface area contributed by atoms with E-state index in [0.717, 1.165) is 22.7 Å². The fourth-order valence-electron chi connectivity index (χ4n) is 7.84. The first kappa shape index (κ1) is 49.8. The van der Waals surface area contributed by atoms with Crippen LogP contribution in [0.25, 0.3) is 6.08 Å². The first-order chi connectivity index (χ1) is 27.7. The molecule has 0 aromatic heterocycles. The zero-order chi connectivity index (χ0) is 44.9. The van der Waals surface area contributed by atoms with Crippen molar-refractivity contribution in [1.82, 2.24) is 0 Å². The predicted octanol–water partition coefficient (Wildman–Crippen LogP) is 12.3. The van der Waals surface area contributed by atoms with Crippen molar-refractivity contribution in [3.8, 4) is 0 Å². The monoisotopic (exact) mass is 871 g/mol. The molecule has 3 aromatic rings. The molecular formula is C51H78O6Si3. The summed E-state index contributed by atoms with van der Waals surface area (Å²) in [6, 6.07) is 26.7. The summed E-state index contributed by atoms with van der Waals surface area (Å²) in [4.78, 5) is 13.5. The molecule has 3 aromatic carbocycles. The Bertz CT molecular complexity index is 1880. The van der Waals surface area contributed by atoms with E-state index in [4.69, 9.17) is 23.1 Å². The van der Waals surface area contributed by atoms with Gasteiger partial charge in [-0.2, -0.15) is 0 Å². The topological polar surface area (TPSA) is 63.2 Å². The zero-order valence-electron chi connectivity index (χ0n) is 40.2. The van der Waals surface area contributed by atoms with Crippen LogP contribution in [0.15, 0.2) is 91.0 Å². The number of ether oxygens (including phenoxy) is 3. The summed E-state index contributed by atoms with van der Waals surface area (Å²) in [5, 5.41) is 2.40. The Morgan fingerprint density at radius 2 is 1.37 bits per heavy atom. The van der Waals surface area contributed by atoms with Gasteiger partial charge in [0.15, 0.2) is 14.1 Å². The van der Waals surface area contributed by atoms with Crippen LogP contribution >= 0.6 is 0 Å². The van der Waals surface area contributed by atoms with E-state index in [1.165, 1.54) is 10.4 Å². The first-order valence-corrected chi connectivity index (χ1v) is 30.7. The number of benzene rings is 3. The molecule has 1 fully saturated rings. The van der Waals surface area contributed by atoms with Crippen LogP contribution in [-0.2, 0) is 23.1 Å². The number of carbonyl (C=O) groups is 1. The fourth-order valence-corrected chi connectivity index (χ4v) is 14.6. The number of aryl methyl sites for hydroxylation is 2. The predicted molar refractivity (Wildman–Crippen MR) is 260 cm³/mol. The van der Waals surface area contributed by atoms with Gasteiger partial charge in [-0.05, 0) is 97.7 Å². The molecule has 330 valence electrons. The van der Waals surface area contributed by atoms with Crippen molar-refractivity contribution in [2.24, 2.45) is 5.92 Å². The van der Waals surface area contributed by atoms with Gasteiger partial charge in [-0.25, -0.2) is 4.79 Å². The second-order valence-corrected chi connectivity index (χ2v) is 36.0. The molecule has 1 aliphatic heterocycles. The molecular weight excluding hydrogens is 793 g/mol. The van der Waals surface area contributed by atoms with Crippen LogP contribution in [0.2, 0.25) is 48.9 Å². The van der Waals surface area contributed by atoms with Crippen molar-refractivity contribution in [1.29, 1.82) is 0 Å². The number of carbonyl (C=O) groups excluding carboxylic acids is 1. The minimum atomic E-state index is -2.76. The summed E-state index contributed by atoms with van der Waals surface area (Å²) in [6.45, 7) is 38.2. The van der Waals surface area contributed by atoms with Crippen LogP contribution in [0, 0.1) is 19.8 Å². The summed E-state index contributed by atoms with van der Waals surface area (Å²) in [5.41, 5.74) is 3.50. The molecule has 0 amide bonds. The van der Waals surface area contributed by atoms with E-state index in [2.05, 4.69) is 186 Å². The maximum atomic E-state index is 13.5. The van der Waals surface area contributed by atoms with Gasteiger partial charge in [0.2, 0.25) is 0 Å². The molecule has 0 aliphatic carbocycles. The Kier molecular flexibility index (Phi) is 16.3. The van der Waals surface area contributed by atoms with Gasteiger partial charge in [0.25, 0.3) is 8.32 Å². The van der Waals surface area contributed by atoms with E-state index in [1.807, 2.05) is 26.8 Å². The molecule has 0 saturated carbocycles. The van der Waals surface area contributed by atoms with Gasteiger partial charge in [-0.15, -0.1) is 0 Å². The normalized spacial score (nSPS) is 19.5. The Balaban J connectivity index is 1.67. The van der Waals surface area contributed by atoms with Gasteiger partial charge in [0.05, 0.1) is 24.4 Å². The number of esters is 1. The highest BCUT2D eigenvalue weighted by atomic mass is 28.4. The minimum Gasteiger partial charge on any atom is -0.462 e. The number of rotatable bonds is 17.